The van der Waals surface area contributed by atoms with Crippen molar-refractivity contribution in [2.45, 2.75) is 66.1 Å². The van der Waals surface area contributed by atoms with Gasteiger partial charge in [0, 0.05) is 0 Å². The summed E-state index contributed by atoms with van der Waals surface area (Å²) in [5.74, 6) is -1.51. The summed E-state index contributed by atoms with van der Waals surface area (Å²) in [7, 11) is 0. The summed E-state index contributed by atoms with van der Waals surface area (Å²) in [6.45, 7) is 11.7. The van der Waals surface area contributed by atoms with Gasteiger partial charge in [0.2, 0.25) is 11.8 Å². The van der Waals surface area contributed by atoms with E-state index in [-0.39, 0.29) is 17.7 Å². The molecule has 0 saturated heterocycles. The van der Waals surface area contributed by atoms with Crippen LogP contribution in [0.4, 0.5) is 0 Å². The Morgan fingerprint density at radius 1 is 0.833 bits per heavy atom. The van der Waals surface area contributed by atoms with Crippen molar-refractivity contribution in [3.05, 3.63) is 0 Å². The van der Waals surface area contributed by atoms with Gasteiger partial charge in [0.05, 0.1) is 6.04 Å². The van der Waals surface area contributed by atoms with Crippen molar-refractivity contribution >= 4 is 17.7 Å². The third-order valence-corrected chi connectivity index (χ3v) is 3.67. The third-order valence-electron chi connectivity index (χ3n) is 3.67. The fourth-order valence-corrected chi connectivity index (χ4v) is 2.17. The Bertz CT molecular complexity index is 426. The van der Waals surface area contributed by atoms with Crippen LogP contribution in [-0.2, 0) is 14.4 Å². The van der Waals surface area contributed by atoms with Gasteiger partial charge in [0.25, 0.3) is 5.91 Å². The lowest BCUT2D eigenvalue weighted by atomic mass is 9.99. The van der Waals surface area contributed by atoms with E-state index >= 15 is 0 Å². The van der Waals surface area contributed by atoms with Crippen molar-refractivity contribution in [3.8, 4) is 0 Å². The van der Waals surface area contributed by atoms with E-state index < -0.39 is 29.9 Å². The van der Waals surface area contributed by atoms with Crippen molar-refractivity contribution in [3.63, 3.8) is 0 Å². The summed E-state index contributed by atoms with van der Waals surface area (Å²) in [4.78, 5) is 36.2. The molecule has 0 aliphatic heterocycles. The van der Waals surface area contributed by atoms with Gasteiger partial charge in [-0.05, 0) is 31.7 Å². The topological polar surface area (TPSA) is 120 Å². The van der Waals surface area contributed by atoms with Gasteiger partial charge in [-0.25, -0.2) is 5.48 Å². The van der Waals surface area contributed by atoms with Crippen molar-refractivity contribution in [2.75, 3.05) is 6.54 Å². The van der Waals surface area contributed by atoms with Gasteiger partial charge in [-0.1, -0.05) is 34.6 Å². The maximum atomic E-state index is 12.5. The number of nitrogens with one attached hydrogen (secondary N) is 4. The second-order valence-corrected chi connectivity index (χ2v) is 6.61. The van der Waals surface area contributed by atoms with Crippen LogP contribution in [0, 0.1) is 11.8 Å². The first-order valence-corrected chi connectivity index (χ1v) is 8.43. The monoisotopic (exact) mass is 344 g/mol. The zero-order chi connectivity index (χ0) is 18.9. The Morgan fingerprint density at radius 3 is 1.75 bits per heavy atom. The quantitative estimate of drug-likeness (QED) is 0.286. The van der Waals surface area contributed by atoms with Crippen LogP contribution in [-0.4, -0.2) is 47.6 Å². The third kappa shape index (κ3) is 7.27. The number of carbonyl (C=O) groups is 3. The molecule has 24 heavy (non-hydrogen) atoms. The van der Waals surface area contributed by atoms with E-state index in [0.717, 1.165) is 6.42 Å². The minimum Gasteiger partial charge on any atom is -0.343 e. The fourth-order valence-electron chi connectivity index (χ4n) is 2.17. The molecule has 0 aromatic heterocycles. The Balaban J connectivity index is 4.96. The zero-order valence-corrected chi connectivity index (χ0v) is 15.5. The number of hydrogen-bond acceptors (Lipinski definition) is 5. The fraction of sp³-hybridized carbons (Fsp3) is 0.812. The maximum absolute atomic E-state index is 12.5. The van der Waals surface area contributed by atoms with E-state index in [0.29, 0.717) is 6.54 Å². The van der Waals surface area contributed by atoms with Crippen LogP contribution in [0.15, 0.2) is 0 Å². The summed E-state index contributed by atoms with van der Waals surface area (Å²) in [5.41, 5.74) is 1.48. The molecular formula is C16H32N4O4. The second-order valence-electron chi connectivity index (χ2n) is 6.61. The normalized spacial score (nSPS) is 14.9. The molecule has 8 heteroatoms. The van der Waals surface area contributed by atoms with Crippen LogP contribution in [0.3, 0.4) is 0 Å². The number of amides is 3. The largest absolute Gasteiger partial charge is 0.343 e. The molecule has 8 nitrogen and oxygen atoms in total. The molecule has 0 aromatic rings. The molecule has 0 radical (unpaired) electrons. The number of hydrogen-bond donors (Lipinski definition) is 5. The first-order valence-electron chi connectivity index (χ1n) is 8.43. The molecule has 0 aromatic carbocycles. The highest BCUT2D eigenvalue weighted by atomic mass is 16.5. The van der Waals surface area contributed by atoms with Gasteiger partial charge in [-0.2, -0.15) is 0 Å². The van der Waals surface area contributed by atoms with Crippen LogP contribution < -0.4 is 21.4 Å². The molecule has 0 rings (SSSR count). The number of carbonyl (C=O) groups excluding carboxylic acids is 3. The summed E-state index contributed by atoms with van der Waals surface area (Å²) in [5, 5.41) is 17.0. The minimum atomic E-state index is -0.903. The van der Waals surface area contributed by atoms with Crippen LogP contribution in [0.1, 0.15) is 48.0 Å². The van der Waals surface area contributed by atoms with Gasteiger partial charge < -0.3 is 16.0 Å². The molecule has 0 aliphatic rings. The number of rotatable bonds is 10. The highest BCUT2D eigenvalue weighted by Crippen LogP contribution is 2.07. The Kier molecular flexibility index (Phi) is 10.2. The molecule has 5 N–H and O–H groups in total. The average Bonchev–Trinajstić information content (AvgIpc) is 2.51. The van der Waals surface area contributed by atoms with Gasteiger partial charge in [0.1, 0.15) is 12.1 Å². The molecule has 0 aliphatic carbocycles. The summed E-state index contributed by atoms with van der Waals surface area (Å²) >= 11 is 0. The van der Waals surface area contributed by atoms with Crippen molar-refractivity contribution in [2.24, 2.45) is 11.8 Å². The molecule has 3 amide bonds. The Morgan fingerprint density at radius 2 is 1.33 bits per heavy atom. The highest BCUT2D eigenvalue weighted by molar-refractivity contribution is 5.92. The average molecular weight is 344 g/mol. The Labute approximate surface area is 144 Å². The molecule has 140 valence electrons. The minimum absolute atomic E-state index is 0.0755. The molecule has 0 bridgehead atoms. The molecule has 0 saturated carbocycles. The van der Waals surface area contributed by atoms with Gasteiger partial charge >= 0.3 is 0 Å². The van der Waals surface area contributed by atoms with E-state index in [1.54, 1.807) is 0 Å². The SMILES string of the molecule is CCCN[C@H](C(=O)N[C@H](C(=O)N[C@@H](C)C(=O)NO)C(C)C)C(C)C. The van der Waals surface area contributed by atoms with Crippen LogP contribution in [0.2, 0.25) is 0 Å². The number of hydroxylamine groups is 1. The zero-order valence-electron chi connectivity index (χ0n) is 15.5. The predicted octanol–water partition coefficient (Wildman–Crippen LogP) is 0.162. The summed E-state index contributed by atoms with van der Waals surface area (Å²) < 4.78 is 0. The first kappa shape index (κ1) is 22.3. The molecule has 0 fully saturated rings. The maximum Gasteiger partial charge on any atom is 0.265 e. The van der Waals surface area contributed by atoms with Gasteiger partial charge in [-0.3, -0.25) is 19.6 Å². The molecule has 0 unspecified atom stereocenters. The highest BCUT2D eigenvalue weighted by Gasteiger charge is 2.30. The summed E-state index contributed by atoms with van der Waals surface area (Å²) in [6.07, 6.45) is 0.901. The van der Waals surface area contributed by atoms with E-state index in [9.17, 15) is 14.4 Å². The van der Waals surface area contributed by atoms with Gasteiger partial charge in [-0.15, -0.1) is 0 Å². The summed E-state index contributed by atoms with van der Waals surface area (Å²) in [6, 6.07) is -2.06. The van der Waals surface area contributed by atoms with Crippen molar-refractivity contribution in [1.29, 1.82) is 0 Å². The van der Waals surface area contributed by atoms with E-state index in [2.05, 4.69) is 16.0 Å². The Hall–Kier alpha value is -1.67. The molecule has 3 atom stereocenters. The smallest absolute Gasteiger partial charge is 0.265 e. The van der Waals surface area contributed by atoms with Gasteiger partial charge in [0.15, 0.2) is 0 Å². The van der Waals surface area contributed by atoms with Crippen molar-refractivity contribution in [1.82, 2.24) is 21.4 Å². The van der Waals surface area contributed by atoms with E-state index in [4.69, 9.17) is 5.21 Å². The van der Waals surface area contributed by atoms with Crippen LogP contribution in [0.5, 0.6) is 0 Å². The lowest BCUT2D eigenvalue weighted by Crippen LogP contribution is -2.58. The predicted molar refractivity (Wildman–Crippen MR) is 91.2 cm³/mol. The lowest BCUT2D eigenvalue weighted by Gasteiger charge is -2.27. The molecule has 0 heterocycles. The second kappa shape index (κ2) is 11.0. The van der Waals surface area contributed by atoms with E-state index in [1.165, 1.54) is 12.4 Å². The first-order chi connectivity index (χ1) is 11.1. The van der Waals surface area contributed by atoms with Crippen LogP contribution in [0.25, 0.3) is 0 Å². The van der Waals surface area contributed by atoms with E-state index in [1.807, 2.05) is 34.6 Å². The van der Waals surface area contributed by atoms with Crippen LogP contribution >= 0.6 is 0 Å². The lowest BCUT2D eigenvalue weighted by molar-refractivity contribution is -0.136. The standard InChI is InChI=1S/C16H32N4O4/c1-7-8-17-12(9(2)3)15(22)19-13(10(4)5)16(23)18-11(6)14(21)20-24/h9-13,17,24H,7-8H2,1-6H3,(H,18,23)(H,19,22)(H,20,21)/t11-,12-,13-/m0/s1. The van der Waals surface area contributed by atoms with Crippen molar-refractivity contribution < 1.29 is 19.6 Å². The molecule has 0 spiro atoms. The molecular weight excluding hydrogens is 312 g/mol.